The number of hydrogen-bond donors (Lipinski definition) is 1. The Morgan fingerprint density at radius 3 is 2.48 bits per heavy atom. The van der Waals surface area contributed by atoms with Crippen LogP contribution in [0.1, 0.15) is 12.5 Å². The fourth-order valence-electron chi connectivity index (χ4n) is 1.82. The van der Waals surface area contributed by atoms with Crippen LogP contribution in [-0.2, 0) is 14.3 Å². The van der Waals surface area contributed by atoms with Crippen molar-refractivity contribution in [3.05, 3.63) is 70.8 Å². The minimum Gasteiger partial charge on any atom is -0.449 e. The highest BCUT2D eigenvalue weighted by Gasteiger charge is 2.16. The predicted molar refractivity (Wildman–Crippen MR) is 91.0 cm³/mol. The van der Waals surface area contributed by atoms with Gasteiger partial charge in [0.05, 0.1) is 5.02 Å². The molecule has 0 bridgehead atoms. The van der Waals surface area contributed by atoms with E-state index in [0.29, 0.717) is 11.3 Å². The van der Waals surface area contributed by atoms with Gasteiger partial charge in [-0.1, -0.05) is 17.7 Å². The molecule has 130 valence electrons. The number of ether oxygens (including phenoxy) is 1. The van der Waals surface area contributed by atoms with Gasteiger partial charge in [-0.2, -0.15) is 0 Å². The average molecular weight is 366 g/mol. The van der Waals surface area contributed by atoms with E-state index in [1.165, 1.54) is 55.5 Å². The third-order valence-electron chi connectivity index (χ3n) is 3.13. The first kappa shape index (κ1) is 18.6. The highest BCUT2D eigenvalue weighted by molar-refractivity contribution is 6.30. The SMILES string of the molecule is C[C@H](OC(=O)/C=C/c1ccc(F)c(Cl)c1)C(=O)Nc1ccc(F)cc1. The summed E-state index contributed by atoms with van der Waals surface area (Å²) in [6.07, 6.45) is 1.43. The Bertz CT molecular complexity index is 806. The fourth-order valence-corrected chi connectivity index (χ4v) is 2.01. The van der Waals surface area contributed by atoms with Crippen LogP contribution in [-0.4, -0.2) is 18.0 Å². The van der Waals surface area contributed by atoms with E-state index in [1.54, 1.807) is 0 Å². The zero-order chi connectivity index (χ0) is 18.4. The molecular formula is C18H14ClF2NO3. The molecular weight excluding hydrogens is 352 g/mol. The summed E-state index contributed by atoms with van der Waals surface area (Å²) >= 11 is 5.64. The molecule has 0 aliphatic heterocycles. The summed E-state index contributed by atoms with van der Waals surface area (Å²) in [4.78, 5) is 23.7. The van der Waals surface area contributed by atoms with E-state index < -0.39 is 29.6 Å². The van der Waals surface area contributed by atoms with Crippen LogP contribution < -0.4 is 5.32 Å². The van der Waals surface area contributed by atoms with E-state index >= 15 is 0 Å². The number of halogens is 3. The van der Waals surface area contributed by atoms with Crippen molar-refractivity contribution in [2.45, 2.75) is 13.0 Å². The summed E-state index contributed by atoms with van der Waals surface area (Å²) in [5, 5.41) is 2.43. The molecule has 0 aliphatic carbocycles. The molecule has 2 aromatic carbocycles. The Kier molecular flexibility index (Phi) is 6.25. The summed E-state index contributed by atoms with van der Waals surface area (Å²) in [5.41, 5.74) is 0.887. The van der Waals surface area contributed by atoms with E-state index in [1.807, 2.05) is 0 Å². The van der Waals surface area contributed by atoms with Crippen molar-refractivity contribution >= 4 is 35.2 Å². The van der Waals surface area contributed by atoms with Crippen molar-refractivity contribution in [3.63, 3.8) is 0 Å². The summed E-state index contributed by atoms with van der Waals surface area (Å²) in [5.74, 6) is -2.30. The molecule has 7 heteroatoms. The Morgan fingerprint density at radius 2 is 1.84 bits per heavy atom. The molecule has 1 atom stereocenters. The molecule has 0 unspecified atom stereocenters. The number of rotatable bonds is 5. The lowest BCUT2D eigenvalue weighted by molar-refractivity contribution is -0.148. The molecule has 25 heavy (non-hydrogen) atoms. The minimum absolute atomic E-state index is 0.0671. The van der Waals surface area contributed by atoms with Gasteiger partial charge in [-0.3, -0.25) is 4.79 Å². The topological polar surface area (TPSA) is 55.4 Å². The molecule has 0 heterocycles. The van der Waals surface area contributed by atoms with E-state index in [-0.39, 0.29) is 5.02 Å². The van der Waals surface area contributed by atoms with Gasteiger partial charge in [0.25, 0.3) is 5.91 Å². The molecule has 0 saturated carbocycles. The summed E-state index contributed by atoms with van der Waals surface area (Å²) in [6.45, 7) is 1.40. The molecule has 0 aromatic heterocycles. The zero-order valence-electron chi connectivity index (χ0n) is 13.1. The van der Waals surface area contributed by atoms with Gasteiger partial charge in [0.1, 0.15) is 11.6 Å². The summed E-state index contributed by atoms with van der Waals surface area (Å²) in [6, 6.07) is 9.14. The minimum atomic E-state index is -1.06. The van der Waals surface area contributed by atoms with Crippen LogP contribution in [0.2, 0.25) is 5.02 Å². The van der Waals surface area contributed by atoms with Crippen LogP contribution in [0.25, 0.3) is 6.08 Å². The molecule has 4 nitrogen and oxygen atoms in total. The van der Waals surface area contributed by atoms with Crippen LogP contribution in [0.5, 0.6) is 0 Å². The van der Waals surface area contributed by atoms with Gasteiger partial charge in [0.2, 0.25) is 0 Å². The number of amides is 1. The molecule has 0 spiro atoms. The first-order valence-electron chi connectivity index (χ1n) is 7.25. The number of nitrogens with one attached hydrogen (secondary N) is 1. The first-order chi connectivity index (χ1) is 11.8. The van der Waals surface area contributed by atoms with Crippen molar-refractivity contribution in [2.75, 3.05) is 5.32 Å². The van der Waals surface area contributed by atoms with Crippen molar-refractivity contribution in [1.29, 1.82) is 0 Å². The van der Waals surface area contributed by atoms with Gasteiger partial charge >= 0.3 is 5.97 Å². The third kappa shape index (κ3) is 5.69. The van der Waals surface area contributed by atoms with Gasteiger partial charge < -0.3 is 10.1 Å². The standard InChI is InChI=1S/C18H14ClF2NO3/c1-11(18(24)22-14-6-4-13(20)5-7-14)25-17(23)9-3-12-2-8-16(21)15(19)10-12/h2-11H,1H3,(H,22,24)/b9-3+/t11-/m0/s1. The first-order valence-corrected chi connectivity index (χ1v) is 7.63. The van der Waals surface area contributed by atoms with Crippen LogP contribution in [0.15, 0.2) is 48.5 Å². The Hall–Kier alpha value is -2.73. The van der Waals surface area contributed by atoms with Crippen LogP contribution in [0, 0.1) is 11.6 Å². The molecule has 0 saturated heterocycles. The number of carbonyl (C=O) groups is 2. The van der Waals surface area contributed by atoms with E-state index in [4.69, 9.17) is 16.3 Å². The third-order valence-corrected chi connectivity index (χ3v) is 3.42. The highest BCUT2D eigenvalue weighted by Crippen LogP contribution is 2.17. The van der Waals surface area contributed by atoms with Crippen molar-refractivity contribution in [3.8, 4) is 0 Å². The molecule has 1 N–H and O–H groups in total. The maximum atomic E-state index is 13.0. The van der Waals surface area contributed by atoms with Gasteiger partial charge in [-0.05, 0) is 55.0 Å². The maximum absolute atomic E-state index is 13.0. The second-order valence-corrected chi connectivity index (χ2v) is 5.49. The van der Waals surface area contributed by atoms with Gasteiger partial charge in [-0.25, -0.2) is 13.6 Å². The largest absolute Gasteiger partial charge is 0.449 e. The van der Waals surface area contributed by atoms with Crippen LogP contribution in [0.4, 0.5) is 14.5 Å². The summed E-state index contributed by atoms with van der Waals surface area (Å²) < 4.78 is 30.8. The lowest BCUT2D eigenvalue weighted by atomic mass is 10.2. The highest BCUT2D eigenvalue weighted by atomic mass is 35.5. The number of benzene rings is 2. The van der Waals surface area contributed by atoms with Crippen LogP contribution >= 0.6 is 11.6 Å². The Labute approximate surface area is 148 Å². The second kappa shape index (κ2) is 8.39. The van der Waals surface area contributed by atoms with Crippen molar-refractivity contribution in [1.82, 2.24) is 0 Å². The van der Waals surface area contributed by atoms with E-state index in [9.17, 15) is 18.4 Å². The molecule has 0 radical (unpaired) electrons. The monoisotopic (exact) mass is 365 g/mol. The number of esters is 1. The Balaban J connectivity index is 1.90. The second-order valence-electron chi connectivity index (χ2n) is 5.08. The quantitative estimate of drug-likeness (QED) is 0.638. The maximum Gasteiger partial charge on any atom is 0.331 e. The Morgan fingerprint density at radius 1 is 1.16 bits per heavy atom. The smallest absolute Gasteiger partial charge is 0.331 e. The van der Waals surface area contributed by atoms with E-state index in [2.05, 4.69) is 5.32 Å². The zero-order valence-corrected chi connectivity index (χ0v) is 13.9. The molecule has 0 aliphatic rings. The van der Waals surface area contributed by atoms with E-state index in [0.717, 1.165) is 6.08 Å². The molecule has 2 aromatic rings. The fraction of sp³-hybridized carbons (Fsp3) is 0.111. The molecule has 1 amide bonds. The normalized spacial score (nSPS) is 12.0. The summed E-state index contributed by atoms with van der Waals surface area (Å²) in [7, 11) is 0. The number of carbonyl (C=O) groups excluding carboxylic acids is 2. The lowest BCUT2D eigenvalue weighted by Gasteiger charge is -2.12. The number of hydrogen-bond acceptors (Lipinski definition) is 3. The molecule has 0 fully saturated rings. The molecule has 2 rings (SSSR count). The van der Waals surface area contributed by atoms with Crippen LogP contribution in [0.3, 0.4) is 0 Å². The van der Waals surface area contributed by atoms with Gasteiger partial charge in [0.15, 0.2) is 6.10 Å². The number of anilines is 1. The predicted octanol–water partition coefficient (Wildman–Crippen LogP) is 4.20. The van der Waals surface area contributed by atoms with Gasteiger partial charge in [-0.15, -0.1) is 0 Å². The van der Waals surface area contributed by atoms with Crippen molar-refractivity contribution in [2.24, 2.45) is 0 Å². The van der Waals surface area contributed by atoms with Gasteiger partial charge in [0, 0.05) is 11.8 Å². The lowest BCUT2D eigenvalue weighted by Crippen LogP contribution is -2.29. The van der Waals surface area contributed by atoms with Crippen molar-refractivity contribution < 1.29 is 23.1 Å². The average Bonchev–Trinajstić information content (AvgIpc) is 2.58.